The molecule has 0 spiro atoms. The van der Waals surface area contributed by atoms with E-state index in [1.807, 2.05) is 24.4 Å². The predicted octanol–water partition coefficient (Wildman–Crippen LogP) is 2.11. The number of aliphatic imine (C=N–C) groups is 1. The van der Waals surface area contributed by atoms with E-state index in [1.165, 1.54) is 0 Å². The van der Waals surface area contributed by atoms with E-state index in [0.29, 0.717) is 25.0 Å². The number of nitrogens with zero attached hydrogens (tertiary/aromatic N) is 3. The largest absolute Gasteiger partial charge is 0.511 e. The quantitative estimate of drug-likeness (QED) is 0.608. The second-order valence-corrected chi connectivity index (χ2v) is 8.16. The van der Waals surface area contributed by atoms with E-state index in [-0.39, 0.29) is 24.1 Å². The number of carbonyl (C=O) groups excluding carboxylic acids is 1. The Morgan fingerprint density at radius 3 is 2.60 bits per heavy atom. The number of piperazine rings is 1. The molecular formula is C23H30N4O3. The molecule has 1 unspecified atom stereocenters. The van der Waals surface area contributed by atoms with E-state index in [9.17, 15) is 9.90 Å². The first-order chi connectivity index (χ1) is 14.6. The van der Waals surface area contributed by atoms with Gasteiger partial charge in [-0.2, -0.15) is 0 Å². The van der Waals surface area contributed by atoms with Crippen molar-refractivity contribution >= 4 is 22.9 Å². The number of nitrogens with one attached hydrogen (secondary N) is 1. The molecule has 3 N–H and O–H groups in total. The van der Waals surface area contributed by atoms with Crippen LogP contribution in [0.5, 0.6) is 0 Å². The monoisotopic (exact) mass is 410 g/mol. The fourth-order valence-corrected chi connectivity index (χ4v) is 4.34. The number of H-pyrrole nitrogens is 1. The van der Waals surface area contributed by atoms with Crippen LogP contribution in [-0.4, -0.2) is 89.4 Å². The zero-order chi connectivity index (χ0) is 20.9. The fourth-order valence-electron chi connectivity index (χ4n) is 4.34. The Hall–Kier alpha value is -2.48. The van der Waals surface area contributed by atoms with E-state index in [4.69, 9.17) is 5.11 Å². The number of aromatic amines is 1. The molecule has 2 aliphatic rings. The number of allylic oxidation sites excluding steroid dienone is 2. The zero-order valence-electron chi connectivity index (χ0n) is 17.3. The van der Waals surface area contributed by atoms with Gasteiger partial charge >= 0.3 is 0 Å². The number of Topliss-reactive ketones (excluding diaryl/α,β-unsaturated/α-hetero) is 1. The number of rotatable bonds is 7. The minimum Gasteiger partial charge on any atom is -0.511 e. The number of fused-ring (bicyclic) bond motifs is 1. The van der Waals surface area contributed by atoms with Crippen LogP contribution in [0.3, 0.4) is 0 Å². The molecule has 1 aliphatic heterocycles. The number of hydrogen-bond acceptors (Lipinski definition) is 6. The van der Waals surface area contributed by atoms with Gasteiger partial charge < -0.3 is 15.2 Å². The first-order valence-electron chi connectivity index (χ1n) is 10.7. The van der Waals surface area contributed by atoms with Crippen LogP contribution in [0.25, 0.3) is 10.9 Å². The lowest BCUT2D eigenvalue weighted by Gasteiger charge is -2.33. The van der Waals surface area contributed by atoms with Gasteiger partial charge in [-0.15, -0.1) is 0 Å². The van der Waals surface area contributed by atoms with Crippen LogP contribution in [0.2, 0.25) is 0 Å². The molecule has 7 heteroatoms. The highest BCUT2D eigenvalue weighted by molar-refractivity contribution is 6.14. The molecule has 0 radical (unpaired) electrons. The average Bonchev–Trinajstić information content (AvgIpc) is 3.22. The second kappa shape index (κ2) is 9.55. The minimum atomic E-state index is -0.0447. The Morgan fingerprint density at radius 1 is 1.10 bits per heavy atom. The van der Waals surface area contributed by atoms with Crippen molar-refractivity contribution in [2.75, 3.05) is 52.4 Å². The molecule has 1 fully saturated rings. The van der Waals surface area contributed by atoms with Gasteiger partial charge in [-0.05, 0) is 29.0 Å². The van der Waals surface area contributed by atoms with Gasteiger partial charge in [0.15, 0.2) is 5.78 Å². The molecule has 2 aromatic rings. The number of carbonyl (C=O) groups is 1. The summed E-state index contributed by atoms with van der Waals surface area (Å²) in [6.07, 6.45) is 4.32. The van der Waals surface area contributed by atoms with Gasteiger partial charge in [0.2, 0.25) is 0 Å². The summed E-state index contributed by atoms with van der Waals surface area (Å²) in [6.45, 7) is 6.25. The van der Waals surface area contributed by atoms with Crippen LogP contribution in [0.4, 0.5) is 0 Å². The first-order valence-corrected chi connectivity index (χ1v) is 10.7. The summed E-state index contributed by atoms with van der Waals surface area (Å²) in [5.41, 5.74) is 2.48. The van der Waals surface area contributed by atoms with Crippen LogP contribution in [0.1, 0.15) is 24.3 Å². The van der Waals surface area contributed by atoms with Crippen molar-refractivity contribution in [2.24, 2.45) is 4.99 Å². The summed E-state index contributed by atoms with van der Waals surface area (Å²) < 4.78 is 0. The molecule has 1 aliphatic carbocycles. The molecule has 1 atom stereocenters. The van der Waals surface area contributed by atoms with Crippen LogP contribution in [0, 0.1) is 0 Å². The van der Waals surface area contributed by atoms with E-state index in [1.54, 1.807) is 6.21 Å². The Labute approximate surface area is 176 Å². The molecule has 160 valence electrons. The fraction of sp³-hybridized carbons (Fsp3) is 0.478. The van der Waals surface area contributed by atoms with Crippen LogP contribution in [-0.2, 0) is 4.79 Å². The van der Waals surface area contributed by atoms with Crippen molar-refractivity contribution < 1.29 is 15.0 Å². The third kappa shape index (κ3) is 4.80. The van der Waals surface area contributed by atoms with Gasteiger partial charge in [0.1, 0.15) is 5.76 Å². The van der Waals surface area contributed by atoms with Gasteiger partial charge in [0.05, 0.1) is 18.7 Å². The highest BCUT2D eigenvalue weighted by atomic mass is 16.3. The number of benzene rings is 1. The summed E-state index contributed by atoms with van der Waals surface area (Å²) in [6, 6.07) is 8.18. The first kappa shape index (κ1) is 20.8. The molecule has 2 heterocycles. The summed E-state index contributed by atoms with van der Waals surface area (Å²) >= 11 is 0. The third-order valence-electron chi connectivity index (χ3n) is 6.18. The van der Waals surface area contributed by atoms with Crippen molar-refractivity contribution in [2.45, 2.75) is 18.8 Å². The maximum Gasteiger partial charge on any atom is 0.168 e. The Balaban J connectivity index is 1.31. The standard InChI is InChI=1S/C23H30N4O3/c28-12-11-27-9-7-26(8-10-27)6-5-24-16-20-22(29)14-19(15-23(20)30)18-2-1-17-3-4-25-21(17)13-18/h1-4,13,16,19,25,28-29H,5-12,14-15H2. The molecule has 1 saturated heterocycles. The number of β-amino-alcohol motifs (C(OH)–C–C–N with tert-alkyl or cyclic N) is 1. The van der Waals surface area contributed by atoms with Gasteiger partial charge in [0, 0.05) is 70.0 Å². The Kier molecular flexibility index (Phi) is 6.62. The van der Waals surface area contributed by atoms with Crippen molar-refractivity contribution in [3.05, 3.63) is 47.4 Å². The normalized spacial score (nSPS) is 21.9. The van der Waals surface area contributed by atoms with Crippen LogP contribution >= 0.6 is 0 Å². The SMILES string of the molecule is O=C1CC(c2ccc3cc[nH]c3c2)CC(O)=C1C=NCCN1CCN(CCO)CC1. The second-order valence-electron chi connectivity index (χ2n) is 8.16. The predicted molar refractivity (Wildman–Crippen MR) is 118 cm³/mol. The molecule has 0 saturated carbocycles. The number of aliphatic hydroxyl groups excluding tert-OH is 2. The summed E-state index contributed by atoms with van der Waals surface area (Å²) in [5, 5.41) is 20.6. The van der Waals surface area contributed by atoms with E-state index >= 15 is 0 Å². The van der Waals surface area contributed by atoms with Crippen molar-refractivity contribution in [3.63, 3.8) is 0 Å². The van der Waals surface area contributed by atoms with Crippen molar-refractivity contribution in [3.8, 4) is 0 Å². The number of hydrogen-bond donors (Lipinski definition) is 3. The molecule has 0 bridgehead atoms. The van der Waals surface area contributed by atoms with Crippen molar-refractivity contribution in [1.82, 2.24) is 14.8 Å². The summed E-state index contributed by atoms with van der Waals surface area (Å²) in [4.78, 5) is 24.9. The average molecular weight is 411 g/mol. The lowest BCUT2D eigenvalue weighted by Crippen LogP contribution is -2.47. The summed E-state index contributed by atoms with van der Waals surface area (Å²) in [5.74, 6) is 0.0958. The van der Waals surface area contributed by atoms with Gasteiger partial charge in [-0.3, -0.25) is 19.6 Å². The maximum atomic E-state index is 12.6. The number of aliphatic hydroxyl groups is 2. The molecule has 1 aromatic heterocycles. The molecule has 1 aromatic carbocycles. The summed E-state index contributed by atoms with van der Waals surface area (Å²) in [7, 11) is 0. The lowest BCUT2D eigenvalue weighted by atomic mass is 9.83. The molecule has 0 amide bonds. The van der Waals surface area contributed by atoms with Crippen molar-refractivity contribution in [1.29, 1.82) is 0 Å². The van der Waals surface area contributed by atoms with Crippen LogP contribution < -0.4 is 0 Å². The minimum absolute atomic E-state index is 0.00225. The van der Waals surface area contributed by atoms with Gasteiger partial charge in [0.25, 0.3) is 0 Å². The maximum absolute atomic E-state index is 12.6. The third-order valence-corrected chi connectivity index (χ3v) is 6.18. The molecular weight excluding hydrogens is 380 g/mol. The van der Waals surface area contributed by atoms with Gasteiger partial charge in [-0.25, -0.2) is 0 Å². The number of ketones is 1. The highest BCUT2D eigenvalue weighted by Gasteiger charge is 2.28. The van der Waals surface area contributed by atoms with E-state index < -0.39 is 0 Å². The van der Waals surface area contributed by atoms with Crippen LogP contribution in [0.15, 0.2) is 46.8 Å². The smallest absolute Gasteiger partial charge is 0.168 e. The van der Waals surface area contributed by atoms with Gasteiger partial charge in [-0.1, -0.05) is 12.1 Å². The Morgan fingerprint density at radius 2 is 1.87 bits per heavy atom. The Bertz CT molecular complexity index is 941. The van der Waals surface area contributed by atoms with E-state index in [0.717, 1.165) is 55.7 Å². The molecule has 4 rings (SSSR count). The topological polar surface area (TPSA) is 92.2 Å². The lowest BCUT2D eigenvalue weighted by molar-refractivity contribution is -0.116. The van der Waals surface area contributed by atoms with E-state index in [2.05, 4.69) is 25.8 Å². The highest BCUT2D eigenvalue weighted by Crippen LogP contribution is 2.34. The zero-order valence-corrected chi connectivity index (χ0v) is 17.3. The molecule has 7 nitrogen and oxygen atoms in total. The molecule has 30 heavy (non-hydrogen) atoms. The number of aromatic nitrogens is 1.